The Labute approximate surface area is 165 Å². The normalized spacial score (nSPS) is 16.1. The molecule has 0 bridgehead atoms. The van der Waals surface area contributed by atoms with Crippen molar-refractivity contribution in [2.45, 2.75) is 32.6 Å². The summed E-state index contributed by atoms with van der Waals surface area (Å²) in [5.41, 5.74) is 5.83. The van der Waals surface area contributed by atoms with Crippen LogP contribution in [0.5, 0.6) is 5.75 Å². The molecule has 0 amide bonds. The van der Waals surface area contributed by atoms with E-state index in [1.165, 1.54) is 22.3 Å². The van der Waals surface area contributed by atoms with Gasteiger partial charge in [0.25, 0.3) is 0 Å². The first-order valence-electron chi connectivity index (χ1n) is 9.61. The van der Waals surface area contributed by atoms with Crippen molar-refractivity contribution < 1.29 is 14.2 Å². The van der Waals surface area contributed by atoms with Crippen LogP contribution in [0.25, 0.3) is 11.1 Å². The maximum Gasteiger partial charge on any atom is 0.213 e. The molecule has 1 aliphatic rings. The highest BCUT2D eigenvalue weighted by molar-refractivity contribution is 5.71. The van der Waals surface area contributed by atoms with E-state index in [9.17, 15) is 0 Å². The van der Waals surface area contributed by atoms with Gasteiger partial charge in [0, 0.05) is 18.0 Å². The summed E-state index contributed by atoms with van der Waals surface area (Å²) in [6.07, 6.45) is 6.42. The molecule has 28 heavy (non-hydrogen) atoms. The molecule has 1 saturated heterocycles. The number of benzene rings is 2. The average molecular weight is 378 g/mol. The summed E-state index contributed by atoms with van der Waals surface area (Å²) in [5.74, 6) is 0.0933. The van der Waals surface area contributed by atoms with E-state index < -0.39 is 5.79 Å². The fourth-order valence-corrected chi connectivity index (χ4v) is 3.81. The minimum absolute atomic E-state index is 0.577. The van der Waals surface area contributed by atoms with Gasteiger partial charge < -0.3 is 18.8 Å². The Kier molecular flexibility index (Phi) is 5.20. The molecular formula is C23H26N2O3. The van der Waals surface area contributed by atoms with Gasteiger partial charge in [-0.1, -0.05) is 24.3 Å². The highest BCUT2D eigenvalue weighted by Gasteiger charge is 2.37. The van der Waals surface area contributed by atoms with Crippen molar-refractivity contribution in [2.24, 2.45) is 0 Å². The molecule has 0 aliphatic carbocycles. The zero-order valence-corrected chi connectivity index (χ0v) is 16.6. The molecule has 0 saturated carbocycles. The predicted octanol–water partition coefficient (Wildman–Crippen LogP) is 4.47. The lowest BCUT2D eigenvalue weighted by Gasteiger charge is -2.38. The van der Waals surface area contributed by atoms with E-state index in [-0.39, 0.29) is 0 Å². The van der Waals surface area contributed by atoms with Gasteiger partial charge in [0.2, 0.25) is 5.79 Å². The zero-order chi connectivity index (χ0) is 19.6. The van der Waals surface area contributed by atoms with Crippen LogP contribution in [0.4, 0.5) is 0 Å². The van der Waals surface area contributed by atoms with Gasteiger partial charge in [0.1, 0.15) is 5.75 Å². The second kappa shape index (κ2) is 7.78. The summed E-state index contributed by atoms with van der Waals surface area (Å²) >= 11 is 0. The molecule has 1 aliphatic heterocycles. The quantitative estimate of drug-likeness (QED) is 0.657. The van der Waals surface area contributed by atoms with Gasteiger partial charge in [-0.3, -0.25) is 0 Å². The Morgan fingerprint density at radius 2 is 1.75 bits per heavy atom. The van der Waals surface area contributed by atoms with E-state index in [2.05, 4.69) is 49.2 Å². The van der Waals surface area contributed by atoms with Crippen molar-refractivity contribution in [3.05, 3.63) is 71.8 Å². The molecular weight excluding hydrogens is 352 g/mol. The SMILES string of the molecule is COc1ccc(-c2ccc(C3(Cn4ccnc4)OCCCO3)cc2C)c(C)c1. The summed E-state index contributed by atoms with van der Waals surface area (Å²) < 4.78 is 19.7. The first-order chi connectivity index (χ1) is 13.6. The molecule has 2 aromatic carbocycles. The number of hydrogen-bond acceptors (Lipinski definition) is 4. The molecule has 2 heterocycles. The Morgan fingerprint density at radius 3 is 2.36 bits per heavy atom. The molecule has 3 aromatic rings. The second-order valence-corrected chi connectivity index (χ2v) is 7.25. The minimum Gasteiger partial charge on any atom is -0.497 e. The number of imidazole rings is 1. The van der Waals surface area contributed by atoms with Gasteiger partial charge in [0.05, 0.1) is 33.2 Å². The lowest BCUT2D eigenvalue weighted by molar-refractivity contribution is -0.283. The second-order valence-electron chi connectivity index (χ2n) is 7.25. The van der Waals surface area contributed by atoms with Crippen molar-refractivity contribution in [1.29, 1.82) is 0 Å². The minimum atomic E-state index is -0.781. The number of aromatic nitrogens is 2. The molecule has 0 radical (unpaired) electrons. The van der Waals surface area contributed by atoms with Crippen LogP contribution in [-0.2, 0) is 21.8 Å². The van der Waals surface area contributed by atoms with Crippen LogP contribution in [0.15, 0.2) is 55.1 Å². The number of aryl methyl sites for hydroxylation is 2. The van der Waals surface area contributed by atoms with E-state index in [4.69, 9.17) is 14.2 Å². The number of rotatable bonds is 5. The Balaban J connectivity index is 1.71. The Hall–Kier alpha value is -2.63. The summed E-state index contributed by atoms with van der Waals surface area (Å²) in [6.45, 7) is 6.20. The van der Waals surface area contributed by atoms with Gasteiger partial charge in [-0.15, -0.1) is 0 Å². The summed E-state index contributed by atoms with van der Waals surface area (Å²) in [6, 6.07) is 12.6. The monoisotopic (exact) mass is 378 g/mol. The van der Waals surface area contributed by atoms with Crippen LogP contribution in [0.2, 0.25) is 0 Å². The molecule has 146 valence electrons. The molecule has 1 aromatic heterocycles. The largest absolute Gasteiger partial charge is 0.497 e. The van der Waals surface area contributed by atoms with Crippen molar-refractivity contribution in [3.63, 3.8) is 0 Å². The summed E-state index contributed by atoms with van der Waals surface area (Å²) in [4.78, 5) is 4.15. The number of methoxy groups -OCH3 is 1. The first-order valence-corrected chi connectivity index (χ1v) is 9.61. The molecule has 5 nitrogen and oxygen atoms in total. The highest BCUT2D eigenvalue weighted by Crippen LogP contribution is 2.36. The Morgan fingerprint density at radius 1 is 1.04 bits per heavy atom. The third-order valence-electron chi connectivity index (χ3n) is 5.30. The van der Waals surface area contributed by atoms with Crippen molar-refractivity contribution in [1.82, 2.24) is 9.55 Å². The van der Waals surface area contributed by atoms with Gasteiger partial charge in [-0.05, 0) is 54.7 Å². The molecule has 4 rings (SSSR count). The maximum atomic E-state index is 6.19. The predicted molar refractivity (Wildman–Crippen MR) is 108 cm³/mol. The molecule has 0 N–H and O–H groups in total. The van der Waals surface area contributed by atoms with Gasteiger partial charge >= 0.3 is 0 Å². The van der Waals surface area contributed by atoms with Crippen molar-refractivity contribution in [3.8, 4) is 16.9 Å². The smallest absolute Gasteiger partial charge is 0.213 e. The van der Waals surface area contributed by atoms with E-state index in [0.717, 1.165) is 17.7 Å². The average Bonchev–Trinajstić information content (AvgIpc) is 3.21. The first kappa shape index (κ1) is 18.7. The molecule has 0 unspecified atom stereocenters. The van der Waals surface area contributed by atoms with E-state index in [1.54, 1.807) is 19.6 Å². The van der Waals surface area contributed by atoms with Crippen molar-refractivity contribution >= 4 is 0 Å². The topological polar surface area (TPSA) is 45.5 Å². The molecule has 5 heteroatoms. The third kappa shape index (κ3) is 3.55. The van der Waals surface area contributed by atoms with Crippen LogP contribution in [0.3, 0.4) is 0 Å². The Bertz CT molecular complexity index is 944. The fraction of sp³-hybridized carbons (Fsp3) is 0.348. The van der Waals surface area contributed by atoms with Crippen LogP contribution in [0.1, 0.15) is 23.1 Å². The maximum absolute atomic E-state index is 6.19. The van der Waals surface area contributed by atoms with E-state index in [1.807, 2.05) is 16.8 Å². The fourth-order valence-electron chi connectivity index (χ4n) is 3.81. The number of hydrogen-bond donors (Lipinski definition) is 0. The molecule has 0 atom stereocenters. The van der Waals surface area contributed by atoms with Gasteiger partial charge in [-0.2, -0.15) is 0 Å². The lowest BCUT2D eigenvalue weighted by atomic mass is 9.92. The molecule has 1 fully saturated rings. The summed E-state index contributed by atoms with van der Waals surface area (Å²) in [7, 11) is 1.69. The van der Waals surface area contributed by atoms with Crippen LogP contribution >= 0.6 is 0 Å². The zero-order valence-electron chi connectivity index (χ0n) is 16.6. The molecule has 0 spiro atoms. The highest BCUT2D eigenvalue weighted by atomic mass is 16.7. The van der Waals surface area contributed by atoms with Crippen LogP contribution < -0.4 is 4.74 Å². The van der Waals surface area contributed by atoms with Gasteiger partial charge in [-0.25, -0.2) is 4.98 Å². The van der Waals surface area contributed by atoms with Crippen molar-refractivity contribution in [2.75, 3.05) is 20.3 Å². The van der Waals surface area contributed by atoms with E-state index >= 15 is 0 Å². The van der Waals surface area contributed by atoms with Crippen LogP contribution in [-0.4, -0.2) is 29.9 Å². The van der Waals surface area contributed by atoms with Gasteiger partial charge in [0.15, 0.2) is 0 Å². The summed E-state index contributed by atoms with van der Waals surface area (Å²) in [5, 5.41) is 0. The van der Waals surface area contributed by atoms with Crippen LogP contribution in [0, 0.1) is 13.8 Å². The lowest BCUT2D eigenvalue weighted by Crippen LogP contribution is -2.41. The standard InChI is InChI=1S/C23H26N2O3/c1-17-13-19(5-7-21(17)22-8-6-20(26-3)14-18(22)2)23(27-11-4-12-28-23)15-25-10-9-24-16-25/h5-10,13-14,16H,4,11-12,15H2,1-3H3. The number of nitrogens with zero attached hydrogens (tertiary/aromatic N) is 2. The number of ether oxygens (including phenoxy) is 3. The van der Waals surface area contributed by atoms with E-state index in [0.29, 0.717) is 19.8 Å². The third-order valence-corrected chi connectivity index (χ3v) is 5.30.